The van der Waals surface area contributed by atoms with Crippen molar-refractivity contribution in [2.75, 3.05) is 5.32 Å². The van der Waals surface area contributed by atoms with Crippen LogP contribution in [0.5, 0.6) is 0 Å². The van der Waals surface area contributed by atoms with E-state index < -0.39 is 5.82 Å². The van der Waals surface area contributed by atoms with Gasteiger partial charge in [0.25, 0.3) is 5.91 Å². The number of rotatable bonds is 3. The molecule has 0 aliphatic heterocycles. The Hall–Kier alpha value is -1.69. The average Bonchev–Trinajstić information content (AvgIpc) is 2.75. The number of hydrogen-bond donors (Lipinski definition) is 1. The molecule has 1 aromatic carbocycles. The van der Waals surface area contributed by atoms with E-state index in [-0.39, 0.29) is 5.91 Å². The Labute approximate surface area is 118 Å². The van der Waals surface area contributed by atoms with Gasteiger partial charge in [0, 0.05) is 18.9 Å². The summed E-state index contributed by atoms with van der Waals surface area (Å²) in [5, 5.41) is 6.86. The van der Waals surface area contributed by atoms with Crippen LogP contribution in [0.2, 0.25) is 0 Å². The SMILES string of the molecule is CCc1nn(C)cc1C(=O)Nc1ccc(Br)c(F)c1. The van der Waals surface area contributed by atoms with Gasteiger partial charge >= 0.3 is 0 Å². The monoisotopic (exact) mass is 325 g/mol. The third kappa shape index (κ3) is 3.01. The minimum Gasteiger partial charge on any atom is -0.322 e. The summed E-state index contributed by atoms with van der Waals surface area (Å²) in [5.74, 6) is -0.702. The molecule has 0 atom stereocenters. The minimum absolute atomic E-state index is 0.285. The van der Waals surface area contributed by atoms with Crippen molar-refractivity contribution >= 4 is 27.5 Å². The van der Waals surface area contributed by atoms with Crippen molar-refractivity contribution in [3.05, 3.63) is 45.9 Å². The van der Waals surface area contributed by atoms with Crippen molar-refractivity contribution < 1.29 is 9.18 Å². The molecule has 0 spiro atoms. The molecule has 0 saturated carbocycles. The van der Waals surface area contributed by atoms with Gasteiger partial charge in [-0.1, -0.05) is 6.92 Å². The lowest BCUT2D eigenvalue weighted by molar-refractivity contribution is 0.102. The van der Waals surface area contributed by atoms with Crippen LogP contribution in [0.25, 0.3) is 0 Å². The molecule has 1 heterocycles. The maximum absolute atomic E-state index is 13.4. The zero-order valence-electron chi connectivity index (χ0n) is 10.6. The normalized spacial score (nSPS) is 10.5. The van der Waals surface area contributed by atoms with Gasteiger partial charge in [0.2, 0.25) is 0 Å². The summed E-state index contributed by atoms with van der Waals surface area (Å²) in [6.45, 7) is 1.93. The van der Waals surface area contributed by atoms with Crippen LogP contribution in [-0.4, -0.2) is 15.7 Å². The summed E-state index contributed by atoms with van der Waals surface area (Å²) < 4.78 is 15.3. The molecule has 2 rings (SSSR count). The highest BCUT2D eigenvalue weighted by Crippen LogP contribution is 2.20. The first-order valence-corrected chi connectivity index (χ1v) is 6.59. The van der Waals surface area contributed by atoms with Crippen LogP contribution in [0.15, 0.2) is 28.9 Å². The number of aromatic nitrogens is 2. The molecule has 0 unspecified atom stereocenters. The fraction of sp³-hybridized carbons (Fsp3) is 0.231. The summed E-state index contributed by atoms with van der Waals surface area (Å²) in [5.41, 5.74) is 1.64. The maximum atomic E-state index is 13.4. The number of nitrogens with zero attached hydrogens (tertiary/aromatic N) is 2. The summed E-state index contributed by atoms with van der Waals surface area (Å²) in [6, 6.07) is 4.45. The Bertz CT molecular complexity index is 624. The number of nitrogens with one attached hydrogen (secondary N) is 1. The number of carbonyl (C=O) groups is 1. The lowest BCUT2D eigenvalue weighted by Gasteiger charge is -2.05. The van der Waals surface area contributed by atoms with Crippen molar-refractivity contribution in [1.82, 2.24) is 9.78 Å². The van der Waals surface area contributed by atoms with E-state index in [4.69, 9.17) is 0 Å². The molecular weight excluding hydrogens is 313 g/mol. The van der Waals surface area contributed by atoms with Gasteiger partial charge in [-0.2, -0.15) is 5.10 Å². The largest absolute Gasteiger partial charge is 0.322 e. The average molecular weight is 326 g/mol. The van der Waals surface area contributed by atoms with E-state index in [2.05, 4.69) is 26.3 Å². The lowest BCUT2D eigenvalue weighted by atomic mass is 10.2. The minimum atomic E-state index is -0.417. The predicted octanol–water partition coefficient (Wildman–Crippen LogP) is 3.14. The molecular formula is C13H13BrFN3O. The fourth-order valence-electron chi connectivity index (χ4n) is 1.76. The number of halogens is 2. The van der Waals surface area contributed by atoms with Crippen LogP contribution in [0, 0.1) is 5.82 Å². The molecule has 1 amide bonds. The quantitative estimate of drug-likeness (QED) is 0.942. The van der Waals surface area contributed by atoms with Gasteiger partial charge < -0.3 is 5.32 Å². The highest BCUT2D eigenvalue weighted by atomic mass is 79.9. The van der Waals surface area contributed by atoms with Crippen LogP contribution < -0.4 is 5.32 Å². The molecule has 19 heavy (non-hydrogen) atoms. The van der Waals surface area contributed by atoms with E-state index in [9.17, 15) is 9.18 Å². The fourth-order valence-corrected chi connectivity index (χ4v) is 2.00. The molecule has 1 aromatic heterocycles. The van der Waals surface area contributed by atoms with E-state index in [1.54, 1.807) is 30.1 Å². The second-order valence-corrected chi connectivity index (χ2v) is 4.95. The first-order valence-electron chi connectivity index (χ1n) is 5.80. The number of amides is 1. The predicted molar refractivity (Wildman–Crippen MR) is 74.6 cm³/mol. The van der Waals surface area contributed by atoms with Gasteiger partial charge in [-0.25, -0.2) is 4.39 Å². The van der Waals surface area contributed by atoms with Crippen LogP contribution in [-0.2, 0) is 13.5 Å². The first kappa shape index (κ1) is 13.7. The number of aryl methyl sites for hydroxylation is 2. The van der Waals surface area contributed by atoms with Crippen LogP contribution >= 0.6 is 15.9 Å². The first-order chi connectivity index (χ1) is 9.01. The second-order valence-electron chi connectivity index (χ2n) is 4.10. The standard InChI is InChI=1S/C13H13BrFN3O/c1-3-12-9(7-18(2)17-12)13(19)16-8-4-5-10(14)11(15)6-8/h4-7H,3H2,1-2H3,(H,16,19). The van der Waals surface area contributed by atoms with Crippen molar-refractivity contribution in [2.45, 2.75) is 13.3 Å². The topological polar surface area (TPSA) is 46.9 Å². The van der Waals surface area contributed by atoms with Crippen molar-refractivity contribution in [3.8, 4) is 0 Å². The summed E-state index contributed by atoms with van der Waals surface area (Å²) >= 11 is 3.07. The highest BCUT2D eigenvalue weighted by molar-refractivity contribution is 9.10. The number of hydrogen-bond acceptors (Lipinski definition) is 2. The Kier molecular flexibility index (Phi) is 3.99. The summed E-state index contributed by atoms with van der Waals surface area (Å²) in [4.78, 5) is 12.1. The Morgan fingerprint density at radius 1 is 1.53 bits per heavy atom. The summed E-state index contributed by atoms with van der Waals surface area (Å²) in [6.07, 6.45) is 2.32. The third-order valence-electron chi connectivity index (χ3n) is 2.66. The van der Waals surface area contributed by atoms with Gasteiger partial charge in [0.1, 0.15) is 5.82 Å². The zero-order chi connectivity index (χ0) is 14.0. The van der Waals surface area contributed by atoms with Crippen molar-refractivity contribution in [2.24, 2.45) is 7.05 Å². The number of anilines is 1. The zero-order valence-corrected chi connectivity index (χ0v) is 12.2. The van der Waals surface area contributed by atoms with E-state index in [1.807, 2.05) is 6.92 Å². The van der Waals surface area contributed by atoms with E-state index in [0.717, 1.165) is 5.69 Å². The Morgan fingerprint density at radius 2 is 2.26 bits per heavy atom. The van der Waals surface area contributed by atoms with Crippen molar-refractivity contribution in [3.63, 3.8) is 0 Å². The van der Waals surface area contributed by atoms with Gasteiger partial charge in [0.15, 0.2) is 0 Å². The molecule has 0 aliphatic rings. The van der Waals surface area contributed by atoms with E-state index in [0.29, 0.717) is 22.1 Å². The molecule has 0 aliphatic carbocycles. The molecule has 0 bridgehead atoms. The molecule has 1 N–H and O–H groups in total. The van der Waals surface area contributed by atoms with Gasteiger partial charge in [0.05, 0.1) is 15.7 Å². The van der Waals surface area contributed by atoms with Crippen molar-refractivity contribution in [1.29, 1.82) is 0 Å². The highest BCUT2D eigenvalue weighted by Gasteiger charge is 2.14. The Morgan fingerprint density at radius 3 is 2.89 bits per heavy atom. The smallest absolute Gasteiger partial charge is 0.259 e. The second kappa shape index (κ2) is 5.52. The number of benzene rings is 1. The lowest BCUT2D eigenvalue weighted by Crippen LogP contribution is -2.13. The third-order valence-corrected chi connectivity index (χ3v) is 3.31. The molecule has 0 fully saturated rings. The van der Waals surface area contributed by atoms with E-state index >= 15 is 0 Å². The molecule has 100 valence electrons. The van der Waals surface area contributed by atoms with Gasteiger partial charge in [-0.3, -0.25) is 9.48 Å². The van der Waals surface area contributed by atoms with Crippen LogP contribution in [0.4, 0.5) is 10.1 Å². The van der Waals surface area contributed by atoms with Gasteiger partial charge in [-0.15, -0.1) is 0 Å². The van der Waals surface area contributed by atoms with Crippen LogP contribution in [0.3, 0.4) is 0 Å². The molecule has 6 heteroatoms. The maximum Gasteiger partial charge on any atom is 0.259 e. The van der Waals surface area contributed by atoms with Gasteiger partial charge in [-0.05, 0) is 40.5 Å². The molecule has 0 saturated heterocycles. The molecule has 4 nitrogen and oxygen atoms in total. The summed E-state index contributed by atoms with van der Waals surface area (Å²) in [7, 11) is 1.76. The Balaban J connectivity index is 2.22. The molecule has 2 aromatic rings. The van der Waals surface area contributed by atoms with E-state index in [1.165, 1.54) is 6.07 Å². The van der Waals surface area contributed by atoms with Crippen LogP contribution in [0.1, 0.15) is 23.0 Å². The molecule has 0 radical (unpaired) electrons. The number of carbonyl (C=O) groups excluding carboxylic acids is 1.